The summed E-state index contributed by atoms with van der Waals surface area (Å²) in [5.41, 5.74) is 14.9. The summed E-state index contributed by atoms with van der Waals surface area (Å²) in [6.45, 7) is 5.82. The van der Waals surface area contributed by atoms with E-state index in [-0.39, 0.29) is 226 Å². The fourth-order valence-corrected chi connectivity index (χ4v) is 2530. The SMILES string of the molecule is CC[C@@]1(O)C(=O)OCc2c1cc1n(c2=O)Cc2c-1nc1ccc(CC(=O)[C@H](C)NC(=O)[C@@H](CC(=O)CNC(=O)CN)Cc3ccccc3)c3c1c2CCC3.CC[C@@]1(O)C(=O)OCc2c1cc1n(c2=O)Cc2c-1nc1ccc(CC(=O)[C@H](C)NC(=O)[C@@H](CC(=O)CNC(=O)CNC(=O)CCCCCN3C(=O)C=CC3=O)Cc3ccccc3)c3c1c2CCC3.II(I)I(I)I(I)I(I)I(I)I(I)I(I)I(I)I. The number of pyridine rings is 4. The third-order valence-electron chi connectivity index (χ3n) is 25.2. The van der Waals surface area contributed by atoms with Crippen LogP contribution in [-0.2, 0) is 161 Å². The second-order valence-electron chi connectivity index (χ2n) is 33.8. The number of halogens is 18. The van der Waals surface area contributed by atoms with Crippen LogP contribution in [0.3, 0.4) is 0 Å². The molecule has 4 aromatic carbocycles. The van der Waals surface area contributed by atoms with Crippen molar-refractivity contribution in [2.75, 3.05) is 32.7 Å². The molecular weight excluding hydrogens is 3850 g/mol. The molecule has 0 fully saturated rings. The van der Waals surface area contributed by atoms with Crippen LogP contribution < -0.4 is 43.4 Å². The number of benzene rings is 4. The molecular formula is C92H97I18N11O19. The Morgan fingerprint density at radius 1 is 0.479 bits per heavy atom. The molecule has 15 rings (SSSR count). The molecule has 0 spiro atoms. The van der Waals surface area contributed by atoms with Crippen LogP contribution in [0.5, 0.6) is 0 Å². The van der Waals surface area contributed by atoms with Gasteiger partial charge in [-0.3, -0.25) is 67.2 Å². The van der Waals surface area contributed by atoms with Gasteiger partial charge >= 0.3 is 261 Å². The minimum atomic E-state index is -1.93. The number of hydrogen-bond acceptors (Lipinski definition) is 22. The van der Waals surface area contributed by atoms with Gasteiger partial charge in [-0.1, -0.05) is 93.1 Å². The molecule has 9 N–H and O–H groups in total. The number of carbonyl (C=O) groups excluding carboxylic acids is 13. The van der Waals surface area contributed by atoms with Crippen molar-refractivity contribution in [2.24, 2.45) is 17.6 Å². The summed E-state index contributed by atoms with van der Waals surface area (Å²) in [6, 6.07) is 27.7. The molecule has 0 bridgehead atoms. The van der Waals surface area contributed by atoms with Crippen LogP contribution in [0, 0.1) is 11.8 Å². The molecule has 8 aromatic rings. The van der Waals surface area contributed by atoms with Crippen LogP contribution in [0.2, 0.25) is 0 Å². The number of hydrogen-bond donors (Lipinski definition) is 8. The molecule has 0 saturated carbocycles. The molecule has 0 radical (unpaired) electrons. The predicted molar refractivity (Wildman–Crippen MR) is 697 cm³/mol. The van der Waals surface area contributed by atoms with E-state index in [1.54, 1.807) is 49.0 Å². The van der Waals surface area contributed by atoms with E-state index < -0.39 is 92.3 Å². The van der Waals surface area contributed by atoms with E-state index in [9.17, 15) is 82.1 Å². The van der Waals surface area contributed by atoms with Crippen LogP contribution in [-0.4, -0.2) is 155 Å². The number of nitrogens with zero attached hydrogens (tertiary/aromatic N) is 5. The fourth-order valence-electron chi connectivity index (χ4n) is 18.0. The molecule has 7 amide bonds. The molecule has 7 aliphatic rings. The number of imide groups is 1. The van der Waals surface area contributed by atoms with Gasteiger partial charge in [0.1, 0.15) is 13.2 Å². The zero-order valence-electron chi connectivity index (χ0n) is 75.2. The number of nitrogens with one attached hydrogen (secondary N) is 5. The van der Waals surface area contributed by atoms with E-state index in [1.165, 1.54) is 12.2 Å². The van der Waals surface area contributed by atoms with E-state index in [0.29, 0.717) is 60.5 Å². The summed E-state index contributed by atoms with van der Waals surface area (Å²) >= 11 is 30.0. The van der Waals surface area contributed by atoms with Gasteiger partial charge in [0.15, 0.2) is 34.3 Å². The van der Waals surface area contributed by atoms with Crippen molar-refractivity contribution in [3.05, 3.63) is 208 Å². The first-order chi connectivity index (χ1) is 66.7. The molecule has 140 heavy (non-hydrogen) atoms. The summed E-state index contributed by atoms with van der Waals surface area (Å²) < 4.78 is 13.7. The van der Waals surface area contributed by atoms with Crippen LogP contribution >= 0.6 is 249 Å². The van der Waals surface area contributed by atoms with Gasteiger partial charge in [-0.15, -0.1) is 0 Å². The number of ether oxygens (including phenoxy) is 2. The Hall–Kier alpha value is 0.470. The monoisotopic (exact) mass is 3940 g/mol. The first kappa shape index (κ1) is 118. The zero-order valence-corrected chi connectivity index (χ0v) is 114. The van der Waals surface area contributed by atoms with Gasteiger partial charge in [0.2, 0.25) is 29.5 Å². The van der Waals surface area contributed by atoms with Gasteiger partial charge < -0.3 is 61.1 Å². The third-order valence-corrected chi connectivity index (χ3v) is 1180. The van der Waals surface area contributed by atoms with E-state index >= 15 is 0 Å². The maximum absolute atomic E-state index is 13.9. The van der Waals surface area contributed by atoms with Gasteiger partial charge in [0, 0.05) is 95.7 Å². The number of unbranched alkanes of at least 4 members (excludes halogenated alkanes) is 2. The predicted octanol–water partition coefficient (Wildman–Crippen LogP) is 20.7. The van der Waals surface area contributed by atoms with E-state index in [1.807, 2.05) is 84.9 Å². The molecule has 5 aliphatic heterocycles. The Bertz CT molecular complexity index is 6350. The summed E-state index contributed by atoms with van der Waals surface area (Å²) in [5, 5.41) is 37.7. The van der Waals surface area contributed by atoms with Crippen LogP contribution in [0.1, 0.15) is 170 Å². The molecule has 0 saturated heterocycles. The molecule has 4 aromatic heterocycles. The number of fused-ring (bicyclic) bond motifs is 10. The number of aliphatic hydroxyl groups is 2. The van der Waals surface area contributed by atoms with Gasteiger partial charge in [-0.25, -0.2) is 19.6 Å². The normalized spacial score (nSPS) is 17.6. The van der Waals surface area contributed by atoms with E-state index in [0.717, 1.165) is 109 Å². The number of nitrogens with two attached hydrogens (primary N) is 1. The molecule has 2 aliphatic carbocycles. The summed E-state index contributed by atoms with van der Waals surface area (Å²) in [4.78, 5) is 205. The van der Waals surface area contributed by atoms with Crippen LogP contribution in [0.25, 0.3) is 44.6 Å². The summed E-state index contributed by atoms with van der Waals surface area (Å²) in [7, 11) is -3.13. The molecule has 48 heteroatoms. The summed E-state index contributed by atoms with van der Waals surface area (Å²) in [6.07, 6.45) is 9.17. The maximum atomic E-state index is 13.9. The molecule has 0 unspecified atom stereocenters. The van der Waals surface area contributed by atoms with Crippen molar-refractivity contribution in [1.29, 1.82) is 0 Å². The standard InChI is InChI=1S/C51H54N6O11.C41H43N5O8.I18/c1-3-51(67)38-24-40-47-36(27-57(40)49(65)37(38)28-68-50(51)66)35-14-10-13-34-31(16-17-39(55-47)46(34)35)23-41(59)29(2)54-48(64)32(21-30-11-6-4-7-12-30)22-33(58)25-52-43(61)26-53-42(60)15-8-5-9-20-56-44(62)18-19-45(56)63;1-3-41(53)31-17-33-37-29(20-46(33)39(51)30(31)21-54-40(41)52)28-11-7-10-27-24(12-13-32(45-37)36(27)28)16-34(48)22(2)44-38(50)25(14-23-8-5-4-6-9-23)15-26(47)19-43-35(49)18-42;1-11(2)13(5)15(7)17(9)18(10)16(8)14(6)12(3)4/h4,6-7,11-12,16-19,24,29,32,67H,3,5,8-10,13-15,20-23,25-28H2,1-2H3,(H,52,61)(H,53,60)(H,54,64);4-6,8-9,12-13,17,22,25,53H,3,7,10-11,14-16,18-21,42H2,1-2H3,(H,43,49)(H,44,50);/t29-,32+,51-;22-,25+,41-;/m00./s1. The number of amides is 7. The third kappa shape index (κ3) is 28.2. The Kier molecular flexibility index (Phi) is 45.4. The van der Waals surface area contributed by atoms with Crippen LogP contribution in [0.4, 0.5) is 0 Å². The van der Waals surface area contributed by atoms with Crippen molar-refractivity contribution in [3.8, 4) is 22.8 Å². The number of cyclic esters (lactones) is 2. The summed E-state index contributed by atoms with van der Waals surface area (Å²) in [5.74, 6) is -7.32. The number of esters is 2. The van der Waals surface area contributed by atoms with Gasteiger partial charge in [0.25, 0.3) is 22.9 Å². The van der Waals surface area contributed by atoms with E-state index in [2.05, 4.69) is 213 Å². The zero-order chi connectivity index (χ0) is 101. The average Bonchev–Trinajstić information content (AvgIpc) is 1.52. The average molecular weight is 3950 g/mol. The molecule has 9 heterocycles. The van der Waals surface area contributed by atoms with Crippen molar-refractivity contribution in [1.82, 2.24) is 50.6 Å². The number of rotatable bonds is 40. The molecule has 760 valence electrons. The van der Waals surface area contributed by atoms with E-state index in [4.69, 9.17) is 25.2 Å². The number of aryl methyl sites for hydroxylation is 4. The minimum absolute atomic E-state index is 0.0329. The van der Waals surface area contributed by atoms with Gasteiger partial charge in [-0.2, -0.15) is 0 Å². The van der Waals surface area contributed by atoms with Crippen molar-refractivity contribution < 1.29 is 82.0 Å². The second-order valence-corrected chi connectivity index (χ2v) is 424. The molecule has 6 atom stereocenters. The molecule has 30 nitrogen and oxygen atoms in total. The number of carbonyl (C=O) groups is 13. The first-order valence-electron chi connectivity index (χ1n) is 44.1. The first-order valence-corrected chi connectivity index (χ1v) is 151. The quantitative estimate of drug-likeness (QED) is 0.00765. The van der Waals surface area contributed by atoms with Crippen molar-refractivity contribution in [3.63, 3.8) is 0 Å². The Labute approximate surface area is 935 Å². The Morgan fingerprint density at radius 2 is 0.871 bits per heavy atom. The van der Waals surface area contributed by atoms with Crippen molar-refractivity contribution >= 4 is 348 Å². The Balaban J connectivity index is 0.000000204. The van der Waals surface area contributed by atoms with Crippen LogP contribution in [0.15, 0.2) is 119 Å². The number of Topliss-reactive ketones (excluding diaryl/α,β-unsaturated/α-hetero) is 4. The fraction of sp³-hybridized carbons (Fsp3) is 0.402. The van der Waals surface area contributed by atoms with Gasteiger partial charge in [0.05, 0.1) is 96.3 Å². The van der Waals surface area contributed by atoms with Gasteiger partial charge in [-0.05, 0) is 160 Å². The van der Waals surface area contributed by atoms with Crippen molar-refractivity contribution in [2.45, 2.75) is 193 Å². The number of ketones is 4. The Morgan fingerprint density at radius 3 is 1.27 bits per heavy atom. The topological polar surface area (TPSA) is 440 Å². The number of aromatic nitrogens is 4. The second kappa shape index (κ2) is 54.0.